The van der Waals surface area contributed by atoms with E-state index in [0.717, 1.165) is 5.75 Å². The molecule has 0 aliphatic rings. The Kier molecular flexibility index (Phi) is 8.26. The Morgan fingerprint density at radius 2 is 1.78 bits per heavy atom. The molecule has 0 heterocycles. The Morgan fingerprint density at radius 3 is 2.35 bits per heavy atom. The molecule has 0 bridgehead atoms. The van der Waals surface area contributed by atoms with Crippen LogP contribution in [0.25, 0.3) is 0 Å². The van der Waals surface area contributed by atoms with Crippen LogP contribution < -0.4 is 9.47 Å². The molecule has 6 heteroatoms. The molecule has 23 heavy (non-hydrogen) atoms. The lowest BCUT2D eigenvalue weighted by molar-refractivity contribution is -0.158. The third kappa shape index (κ3) is 7.14. The number of benzene rings is 1. The van der Waals surface area contributed by atoms with Gasteiger partial charge < -0.3 is 18.4 Å². The summed E-state index contributed by atoms with van der Waals surface area (Å²) in [6.45, 7) is 8.76. The van der Waals surface area contributed by atoms with E-state index in [1.54, 1.807) is 32.9 Å². The number of hydrogen-bond donors (Lipinski definition) is 0. The highest BCUT2D eigenvalue weighted by Crippen LogP contribution is 2.23. The van der Waals surface area contributed by atoms with Gasteiger partial charge in [-0.3, -0.25) is 0 Å². The van der Waals surface area contributed by atoms with Gasteiger partial charge in [0.05, 0.1) is 19.8 Å². The molecule has 0 aromatic heterocycles. The quantitative estimate of drug-likeness (QED) is 0.477. The molecular formula is C17H26O5S. The number of carbonyl (C=O) groups is 1. The topological polar surface area (TPSA) is 54.0 Å². The molecule has 0 spiro atoms. The lowest BCUT2D eigenvalue weighted by Crippen LogP contribution is -2.39. The maximum atomic E-state index is 11.8. The summed E-state index contributed by atoms with van der Waals surface area (Å²) in [6, 6.07) is 7.19. The molecule has 0 saturated carbocycles. The minimum atomic E-state index is -1.03. The number of esters is 1. The highest BCUT2D eigenvalue weighted by Gasteiger charge is 2.31. The third-order valence-electron chi connectivity index (χ3n) is 2.97. The first-order chi connectivity index (χ1) is 10.9. The van der Waals surface area contributed by atoms with Gasteiger partial charge in [-0.25, -0.2) is 4.79 Å². The highest BCUT2D eigenvalue weighted by atomic mass is 32.2. The van der Waals surface area contributed by atoms with Crippen LogP contribution in [0.15, 0.2) is 24.3 Å². The number of rotatable bonds is 10. The first-order valence-corrected chi connectivity index (χ1v) is 8.78. The summed E-state index contributed by atoms with van der Waals surface area (Å²) < 4.78 is 21.7. The van der Waals surface area contributed by atoms with Crippen LogP contribution in [0.2, 0.25) is 0 Å². The summed E-state index contributed by atoms with van der Waals surface area (Å²) in [5, 5.41) is 0. The molecule has 1 aromatic rings. The van der Waals surface area contributed by atoms with Gasteiger partial charge >= 0.3 is 5.97 Å². The molecule has 0 fully saturated rings. The zero-order valence-corrected chi connectivity index (χ0v) is 15.3. The summed E-state index contributed by atoms with van der Waals surface area (Å²) in [4.78, 5) is 11.8. The fourth-order valence-corrected chi connectivity index (χ4v) is 2.08. The van der Waals surface area contributed by atoms with Crippen LogP contribution in [0.1, 0.15) is 27.7 Å². The maximum Gasteiger partial charge on any atom is 0.349 e. The SMILES string of the molecule is CCOC(=O)C(C)(C)Oc1ccc(OCC(C)COSC)cc1. The average Bonchev–Trinajstić information content (AvgIpc) is 2.52. The summed E-state index contributed by atoms with van der Waals surface area (Å²) >= 11 is 1.35. The van der Waals surface area contributed by atoms with Crippen molar-refractivity contribution in [2.24, 2.45) is 5.92 Å². The van der Waals surface area contributed by atoms with E-state index >= 15 is 0 Å². The van der Waals surface area contributed by atoms with Crippen LogP contribution in [-0.2, 0) is 13.7 Å². The zero-order chi connectivity index (χ0) is 17.3. The van der Waals surface area contributed by atoms with Gasteiger partial charge in [-0.2, -0.15) is 0 Å². The second-order valence-electron chi connectivity index (χ2n) is 5.67. The molecule has 1 atom stereocenters. The van der Waals surface area contributed by atoms with Gasteiger partial charge in [-0.15, -0.1) is 0 Å². The van der Waals surface area contributed by atoms with E-state index in [4.69, 9.17) is 18.4 Å². The Bertz CT molecular complexity index is 472. The molecule has 0 aliphatic heterocycles. The highest BCUT2D eigenvalue weighted by molar-refractivity contribution is 7.93. The Balaban J connectivity index is 2.51. The molecule has 0 N–H and O–H groups in total. The zero-order valence-electron chi connectivity index (χ0n) is 14.5. The van der Waals surface area contributed by atoms with Crippen LogP contribution in [-0.4, -0.2) is 37.6 Å². The van der Waals surface area contributed by atoms with Crippen LogP contribution in [0, 0.1) is 5.92 Å². The Morgan fingerprint density at radius 1 is 1.17 bits per heavy atom. The lowest BCUT2D eigenvalue weighted by Gasteiger charge is -2.24. The van der Waals surface area contributed by atoms with Crippen LogP contribution in [0.3, 0.4) is 0 Å². The van der Waals surface area contributed by atoms with Crippen molar-refractivity contribution in [3.63, 3.8) is 0 Å². The second kappa shape index (κ2) is 9.67. The molecule has 0 radical (unpaired) electrons. The molecule has 1 unspecified atom stereocenters. The van der Waals surface area contributed by atoms with E-state index in [1.807, 2.05) is 18.4 Å². The monoisotopic (exact) mass is 342 g/mol. The fraction of sp³-hybridized carbons (Fsp3) is 0.588. The van der Waals surface area contributed by atoms with Crippen molar-refractivity contribution in [2.45, 2.75) is 33.3 Å². The normalized spacial score (nSPS) is 12.6. The van der Waals surface area contributed by atoms with Gasteiger partial charge in [0.25, 0.3) is 0 Å². The minimum Gasteiger partial charge on any atom is -0.493 e. The Labute approximate surface area is 142 Å². The maximum absolute atomic E-state index is 11.8. The van der Waals surface area contributed by atoms with E-state index in [2.05, 4.69) is 6.92 Å². The van der Waals surface area contributed by atoms with Gasteiger partial charge in [0.2, 0.25) is 0 Å². The van der Waals surface area contributed by atoms with Gasteiger partial charge in [0, 0.05) is 12.2 Å². The van der Waals surface area contributed by atoms with E-state index in [-0.39, 0.29) is 5.97 Å². The number of carbonyl (C=O) groups excluding carboxylic acids is 1. The average molecular weight is 342 g/mol. The van der Waals surface area contributed by atoms with Crippen molar-refractivity contribution in [1.29, 1.82) is 0 Å². The van der Waals surface area contributed by atoms with Crippen molar-refractivity contribution < 1.29 is 23.2 Å². The standard InChI is InChI=1S/C17H26O5S/c1-6-19-16(18)17(3,4)22-15-9-7-14(8-10-15)20-11-13(2)12-21-23-5/h7-10,13H,6,11-12H2,1-5H3. The predicted molar refractivity (Wildman–Crippen MR) is 91.9 cm³/mol. The van der Waals surface area contributed by atoms with Crippen molar-refractivity contribution in [3.05, 3.63) is 24.3 Å². The first-order valence-electron chi connectivity index (χ1n) is 7.63. The molecular weight excluding hydrogens is 316 g/mol. The predicted octanol–water partition coefficient (Wildman–Crippen LogP) is 3.72. The minimum absolute atomic E-state index is 0.307. The summed E-state index contributed by atoms with van der Waals surface area (Å²) in [7, 11) is 0. The molecule has 0 amide bonds. The smallest absolute Gasteiger partial charge is 0.349 e. The number of ether oxygens (including phenoxy) is 3. The molecule has 5 nitrogen and oxygen atoms in total. The van der Waals surface area contributed by atoms with Gasteiger partial charge in [-0.05, 0) is 57.1 Å². The van der Waals surface area contributed by atoms with Crippen molar-refractivity contribution in [2.75, 3.05) is 26.1 Å². The van der Waals surface area contributed by atoms with E-state index in [9.17, 15) is 4.79 Å². The van der Waals surface area contributed by atoms with Crippen LogP contribution in [0.4, 0.5) is 0 Å². The number of hydrogen-bond acceptors (Lipinski definition) is 6. The van der Waals surface area contributed by atoms with E-state index in [1.165, 1.54) is 12.0 Å². The van der Waals surface area contributed by atoms with Gasteiger partial charge in [-0.1, -0.05) is 6.92 Å². The van der Waals surface area contributed by atoms with Crippen molar-refractivity contribution >= 4 is 18.0 Å². The van der Waals surface area contributed by atoms with Crippen LogP contribution >= 0.6 is 12.0 Å². The lowest BCUT2D eigenvalue weighted by atomic mass is 10.1. The molecule has 1 rings (SSSR count). The molecule has 1 aromatic carbocycles. The van der Waals surface area contributed by atoms with Gasteiger partial charge in [0.1, 0.15) is 11.5 Å². The van der Waals surface area contributed by atoms with Crippen LogP contribution in [0.5, 0.6) is 11.5 Å². The van der Waals surface area contributed by atoms with Gasteiger partial charge in [0.15, 0.2) is 5.60 Å². The first kappa shape index (κ1) is 19.6. The largest absolute Gasteiger partial charge is 0.493 e. The molecule has 130 valence electrons. The summed E-state index contributed by atoms with van der Waals surface area (Å²) in [5.41, 5.74) is -1.03. The molecule has 0 aliphatic carbocycles. The van der Waals surface area contributed by atoms with Crippen molar-refractivity contribution in [1.82, 2.24) is 0 Å². The van der Waals surface area contributed by atoms with Crippen molar-refractivity contribution in [3.8, 4) is 11.5 Å². The second-order valence-corrected chi connectivity index (χ2v) is 6.24. The third-order valence-corrected chi connectivity index (χ3v) is 3.34. The fourth-order valence-electron chi connectivity index (χ4n) is 1.72. The Hall–Kier alpha value is -1.40. The molecule has 0 saturated heterocycles. The van der Waals surface area contributed by atoms with E-state index in [0.29, 0.717) is 31.5 Å². The summed E-state index contributed by atoms with van der Waals surface area (Å²) in [6.07, 6.45) is 1.89. The summed E-state index contributed by atoms with van der Waals surface area (Å²) in [5.74, 6) is 1.26. The van der Waals surface area contributed by atoms with E-state index < -0.39 is 5.60 Å².